The van der Waals surface area contributed by atoms with Crippen molar-refractivity contribution in [3.8, 4) is 17.0 Å². The van der Waals surface area contributed by atoms with Gasteiger partial charge < -0.3 is 4.74 Å². The zero-order valence-corrected chi connectivity index (χ0v) is 18.4. The van der Waals surface area contributed by atoms with Crippen molar-refractivity contribution in [2.24, 2.45) is 0 Å². The Morgan fingerprint density at radius 2 is 1.71 bits per heavy atom. The SMILES string of the molecule is C=CCCc1ccc(-c2ccc3c(F)c(CCc4ccc(OC(F)F)c(F)c4)ccc3c2)nc1. The molecule has 1 aromatic heterocycles. The summed E-state index contributed by atoms with van der Waals surface area (Å²) in [6.07, 6.45) is 6.20. The average molecular weight is 465 g/mol. The summed E-state index contributed by atoms with van der Waals surface area (Å²) in [5, 5.41) is 1.26. The van der Waals surface area contributed by atoms with Crippen LogP contribution in [-0.4, -0.2) is 11.6 Å². The molecule has 0 amide bonds. The number of nitrogens with zero attached hydrogens (tertiary/aromatic N) is 1. The van der Waals surface area contributed by atoms with Crippen LogP contribution in [0.3, 0.4) is 0 Å². The van der Waals surface area contributed by atoms with Gasteiger partial charge in [0.2, 0.25) is 0 Å². The van der Waals surface area contributed by atoms with Gasteiger partial charge in [0.15, 0.2) is 11.6 Å². The van der Waals surface area contributed by atoms with E-state index in [1.807, 2.05) is 42.6 Å². The first-order valence-electron chi connectivity index (χ1n) is 10.9. The summed E-state index contributed by atoms with van der Waals surface area (Å²) >= 11 is 0. The third kappa shape index (κ3) is 5.45. The molecule has 0 saturated heterocycles. The van der Waals surface area contributed by atoms with Gasteiger partial charge in [-0.15, -0.1) is 6.58 Å². The fourth-order valence-electron chi connectivity index (χ4n) is 3.87. The van der Waals surface area contributed by atoms with Gasteiger partial charge in [-0.3, -0.25) is 4.98 Å². The van der Waals surface area contributed by atoms with Gasteiger partial charge in [0.1, 0.15) is 5.82 Å². The lowest BCUT2D eigenvalue weighted by Crippen LogP contribution is -2.04. The fraction of sp³-hybridized carbons (Fsp3) is 0.179. The van der Waals surface area contributed by atoms with Crippen LogP contribution in [0.25, 0.3) is 22.0 Å². The van der Waals surface area contributed by atoms with Crippen LogP contribution in [0.1, 0.15) is 23.1 Å². The lowest BCUT2D eigenvalue weighted by atomic mass is 9.98. The minimum absolute atomic E-state index is 0.324. The first kappa shape index (κ1) is 23.5. The number of fused-ring (bicyclic) bond motifs is 1. The lowest BCUT2D eigenvalue weighted by molar-refractivity contribution is -0.0522. The molecule has 34 heavy (non-hydrogen) atoms. The highest BCUT2D eigenvalue weighted by Gasteiger charge is 2.12. The van der Waals surface area contributed by atoms with Crippen LogP contribution in [-0.2, 0) is 19.3 Å². The Kier molecular flexibility index (Phi) is 7.26. The fourth-order valence-corrected chi connectivity index (χ4v) is 3.87. The molecule has 0 N–H and O–H groups in total. The van der Waals surface area contributed by atoms with Crippen molar-refractivity contribution >= 4 is 10.8 Å². The minimum atomic E-state index is -3.09. The van der Waals surface area contributed by atoms with Gasteiger partial charge in [-0.1, -0.05) is 42.5 Å². The second kappa shape index (κ2) is 10.5. The number of aromatic nitrogens is 1. The highest BCUT2D eigenvalue weighted by atomic mass is 19.3. The molecule has 0 fully saturated rings. The maximum Gasteiger partial charge on any atom is 0.387 e. The van der Waals surface area contributed by atoms with Crippen molar-refractivity contribution in [2.75, 3.05) is 0 Å². The van der Waals surface area contributed by atoms with Gasteiger partial charge in [-0.2, -0.15) is 8.78 Å². The number of ether oxygens (including phenoxy) is 1. The normalized spacial score (nSPS) is 11.2. The van der Waals surface area contributed by atoms with E-state index < -0.39 is 18.2 Å². The first-order chi connectivity index (χ1) is 16.4. The number of rotatable bonds is 9. The molecular formula is C28H23F4NO. The minimum Gasteiger partial charge on any atom is -0.432 e. The second-order valence-electron chi connectivity index (χ2n) is 8.00. The monoisotopic (exact) mass is 465 g/mol. The molecule has 0 radical (unpaired) electrons. The Labute approximate surface area is 195 Å². The van der Waals surface area contributed by atoms with Crippen molar-refractivity contribution < 1.29 is 22.3 Å². The quantitative estimate of drug-likeness (QED) is 0.187. The lowest BCUT2D eigenvalue weighted by Gasteiger charge is -2.10. The van der Waals surface area contributed by atoms with E-state index in [-0.39, 0.29) is 5.82 Å². The zero-order chi connectivity index (χ0) is 24.1. The van der Waals surface area contributed by atoms with Crippen molar-refractivity contribution in [3.05, 3.63) is 108 Å². The maximum absolute atomic E-state index is 15.2. The van der Waals surface area contributed by atoms with E-state index in [2.05, 4.69) is 16.3 Å². The summed E-state index contributed by atoms with van der Waals surface area (Å²) in [6.45, 7) is 0.639. The number of alkyl halides is 2. The van der Waals surface area contributed by atoms with Crippen LogP contribution in [0.2, 0.25) is 0 Å². The van der Waals surface area contributed by atoms with Gasteiger partial charge >= 0.3 is 6.61 Å². The smallest absolute Gasteiger partial charge is 0.387 e. The van der Waals surface area contributed by atoms with Crippen LogP contribution in [0.5, 0.6) is 5.75 Å². The molecule has 0 aliphatic carbocycles. The molecule has 0 spiro atoms. The van der Waals surface area contributed by atoms with Crippen LogP contribution in [0.4, 0.5) is 17.6 Å². The highest BCUT2D eigenvalue weighted by Crippen LogP contribution is 2.28. The van der Waals surface area contributed by atoms with Gasteiger partial charge in [-0.05, 0) is 72.0 Å². The zero-order valence-electron chi connectivity index (χ0n) is 18.4. The number of pyridine rings is 1. The van der Waals surface area contributed by atoms with Gasteiger partial charge in [0, 0.05) is 17.1 Å². The Morgan fingerprint density at radius 1 is 0.882 bits per heavy atom. The van der Waals surface area contributed by atoms with Crippen molar-refractivity contribution in [1.29, 1.82) is 0 Å². The van der Waals surface area contributed by atoms with E-state index in [0.717, 1.165) is 47.2 Å². The van der Waals surface area contributed by atoms with Gasteiger partial charge in [-0.25, -0.2) is 8.78 Å². The summed E-state index contributed by atoms with van der Waals surface area (Å²) in [6, 6.07) is 16.9. The van der Waals surface area contributed by atoms with Crippen molar-refractivity contribution in [3.63, 3.8) is 0 Å². The number of halogens is 4. The number of benzene rings is 3. The standard InChI is InChI=1S/C28H23F4NO/c1-2-3-4-19-6-13-25(33-17-19)22-11-12-23-21(16-22)10-9-20(27(23)30)8-5-18-7-14-26(24(29)15-18)34-28(31)32/h2,6-7,9-17,28H,1,3-5,8H2. The first-order valence-corrected chi connectivity index (χ1v) is 10.9. The molecule has 0 bridgehead atoms. The molecule has 174 valence electrons. The van der Waals surface area contributed by atoms with Crippen LogP contribution in [0.15, 0.2) is 79.5 Å². The largest absolute Gasteiger partial charge is 0.432 e. The number of hydrogen-bond donors (Lipinski definition) is 0. The van der Waals surface area contributed by atoms with E-state index >= 15 is 4.39 Å². The highest BCUT2D eigenvalue weighted by molar-refractivity contribution is 5.88. The van der Waals surface area contributed by atoms with Crippen LogP contribution in [0, 0.1) is 11.6 Å². The molecule has 4 aromatic rings. The molecule has 0 aliphatic heterocycles. The summed E-state index contributed by atoms with van der Waals surface area (Å²) in [4.78, 5) is 4.53. The molecule has 0 aliphatic rings. The third-order valence-electron chi connectivity index (χ3n) is 5.69. The van der Waals surface area contributed by atoms with Crippen LogP contribution >= 0.6 is 0 Å². The summed E-state index contributed by atoms with van der Waals surface area (Å²) in [5.74, 6) is -1.70. The average Bonchev–Trinajstić information content (AvgIpc) is 2.84. The predicted molar refractivity (Wildman–Crippen MR) is 126 cm³/mol. The molecule has 0 unspecified atom stereocenters. The molecule has 0 atom stereocenters. The molecule has 4 rings (SSSR count). The van der Waals surface area contributed by atoms with Crippen LogP contribution < -0.4 is 4.74 Å². The topological polar surface area (TPSA) is 22.1 Å². The second-order valence-corrected chi connectivity index (χ2v) is 8.00. The summed E-state index contributed by atoms with van der Waals surface area (Å²) in [5.41, 5.74) is 3.91. The number of allylic oxidation sites excluding steroid dienone is 1. The molecule has 3 aromatic carbocycles. The van der Waals surface area contributed by atoms with Crippen molar-refractivity contribution in [1.82, 2.24) is 4.98 Å². The summed E-state index contributed by atoms with van der Waals surface area (Å²) in [7, 11) is 0. The van der Waals surface area contributed by atoms with Crippen molar-refractivity contribution in [2.45, 2.75) is 32.3 Å². The molecular weight excluding hydrogens is 442 g/mol. The Bertz CT molecular complexity index is 1300. The van der Waals surface area contributed by atoms with E-state index in [1.165, 1.54) is 6.07 Å². The Balaban J connectivity index is 1.49. The van der Waals surface area contributed by atoms with Gasteiger partial charge in [0.05, 0.1) is 5.69 Å². The third-order valence-corrected chi connectivity index (χ3v) is 5.69. The van der Waals surface area contributed by atoms with E-state index in [4.69, 9.17) is 0 Å². The molecule has 0 saturated carbocycles. The van der Waals surface area contributed by atoms with E-state index in [0.29, 0.717) is 29.4 Å². The molecule has 1 heterocycles. The Morgan fingerprint density at radius 3 is 2.41 bits per heavy atom. The summed E-state index contributed by atoms with van der Waals surface area (Å²) < 4.78 is 57.8. The predicted octanol–water partition coefficient (Wildman–Crippen LogP) is 7.69. The Hall–Kier alpha value is -3.67. The number of hydrogen-bond acceptors (Lipinski definition) is 2. The maximum atomic E-state index is 15.2. The van der Waals surface area contributed by atoms with E-state index in [1.54, 1.807) is 12.1 Å². The molecule has 2 nitrogen and oxygen atoms in total. The molecule has 6 heteroatoms. The van der Waals surface area contributed by atoms with Gasteiger partial charge in [0.25, 0.3) is 0 Å². The van der Waals surface area contributed by atoms with E-state index in [9.17, 15) is 13.2 Å². The number of aryl methyl sites for hydroxylation is 3.